The molecule has 6 heteroatoms. The molecule has 2 aromatic rings. The van der Waals surface area contributed by atoms with E-state index >= 15 is 0 Å². The van der Waals surface area contributed by atoms with Crippen LogP contribution in [0.5, 0.6) is 5.75 Å². The van der Waals surface area contributed by atoms with Crippen LogP contribution >= 0.6 is 0 Å². The van der Waals surface area contributed by atoms with Gasteiger partial charge in [-0.3, -0.25) is 0 Å². The highest BCUT2D eigenvalue weighted by atomic mass is 19.4. The van der Waals surface area contributed by atoms with Gasteiger partial charge in [-0.05, 0) is 69.0 Å². The largest absolute Gasteiger partial charge is 0.497 e. The Kier molecular flexibility index (Phi) is 6.13. The minimum absolute atomic E-state index is 0.373. The fraction of sp³-hybridized carbons (Fsp3) is 0.478. The van der Waals surface area contributed by atoms with Crippen LogP contribution < -0.4 is 10.1 Å². The lowest BCUT2D eigenvalue weighted by Crippen LogP contribution is -2.45. The Bertz CT molecular complexity index is 818. The summed E-state index contributed by atoms with van der Waals surface area (Å²) in [5, 5.41) is 3.39. The van der Waals surface area contributed by atoms with E-state index in [1.807, 2.05) is 44.2 Å². The number of alkyl halides is 3. The third-order valence-electron chi connectivity index (χ3n) is 5.66. The fourth-order valence-electron chi connectivity index (χ4n) is 4.26. The lowest BCUT2D eigenvalue weighted by atomic mass is 9.67. The van der Waals surface area contributed by atoms with Gasteiger partial charge in [0, 0.05) is 24.3 Å². The molecule has 1 aliphatic heterocycles. The summed E-state index contributed by atoms with van der Waals surface area (Å²) in [5.41, 5.74) is 0.341. The van der Waals surface area contributed by atoms with Crippen molar-refractivity contribution in [1.29, 1.82) is 0 Å². The first-order chi connectivity index (χ1) is 13.6. The molecule has 29 heavy (non-hydrogen) atoms. The average Bonchev–Trinajstić information content (AvgIpc) is 2.67. The predicted octanol–water partition coefficient (Wildman–Crippen LogP) is 6.04. The smallest absolute Gasteiger partial charge is 0.416 e. The molecule has 2 aromatic carbocycles. The summed E-state index contributed by atoms with van der Waals surface area (Å²) >= 11 is 0. The average molecular weight is 407 g/mol. The van der Waals surface area contributed by atoms with Gasteiger partial charge in [0.25, 0.3) is 0 Å². The van der Waals surface area contributed by atoms with Crippen molar-refractivity contribution in [2.75, 3.05) is 25.6 Å². The molecule has 1 N–H and O–H groups in total. The van der Waals surface area contributed by atoms with Crippen LogP contribution in [0.3, 0.4) is 0 Å². The zero-order valence-corrected chi connectivity index (χ0v) is 17.1. The summed E-state index contributed by atoms with van der Waals surface area (Å²) in [4.78, 5) is 0. The van der Waals surface area contributed by atoms with E-state index in [9.17, 15) is 13.2 Å². The Morgan fingerprint density at radius 2 is 1.83 bits per heavy atom. The topological polar surface area (TPSA) is 30.5 Å². The van der Waals surface area contributed by atoms with Gasteiger partial charge in [-0.1, -0.05) is 18.2 Å². The minimum Gasteiger partial charge on any atom is -0.497 e. The van der Waals surface area contributed by atoms with Crippen molar-refractivity contribution in [2.45, 2.75) is 50.3 Å². The Hall–Kier alpha value is -2.21. The lowest BCUT2D eigenvalue weighted by Gasteiger charge is -2.45. The van der Waals surface area contributed by atoms with E-state index in [0.29, 0.717) is 32.4 Å². The second kappa shape index (κ2) is 8.27. The maximum atomic E-state index is 13.3. The molecule has 0 aromatic heterocycles. The molecule has 0 aliphatic carbocycles. The van der Waals surface area contributed by atoms with Gasteiger partial charge in [0.1, 0.15) is 5.75 Å². The normalized spacial score (nSPS) is 21.6. The van der Waals surface area contributed by atoms with Crippen molar-refractivity contribution in [1.82, 2.24) is 0 Å². The predicted molar refractivity (Wildman–Crippen MR) is 108 cm³/mol. The number of hydrogen-bond acceptors (Lipinski definition) is 3. The van der Waals surface area contributed by atoms with Crippen molar-refractivity contribution in [3.63, 3.8) is 0 Å². The number of rotatable bonds is 6. The second-order valence-electron chi connectivity index (χ2n) is 8.30. The van der Waals surface area contributed by atoms with E-state index in [-0.39, 0.29) is 11.0 Å². The van der Waals surface area contributed by atoms with Gasteiger partial charge in [-0.2, -0.15) is 13.2 Å². The maximum Gasteiger partial charge on any atom is 0.416 e. The third kappa shape index (κ3) is 5.24. The van der Waals surface area contributed by atoms with Crippen LogP contribution in [0.25, 0.3) is 0 Å². The molecule has 1 fully saturated rings. The number of methoxy groups -OCH3 is 1. The number of hydrogen-bond donors (Lipinski definition) is 1. The fourth-order valence-corrected chi connectivity index (χ4v) is 4.26. The van der Waals surface area contributed by atoms with E-state index in [2.05, 4.69) is 5.32 Å². The Balaban J connectivity index is 1.82. The number of nitrogens with one attached hydrogen (secondary N) is 1. The highest BCUT2D eigenvalue weighted by Crippen LogP contribution is 2.45. The molecule has 1 aliphatic rings. The zero-order valence-electron chi connectivity index (χ0n) is 17.1. The van der Waals surface area contributed by atoms with Crippen LogP contribution in [0.1, 0.15) is 44.2 Å². The zero-order chi connectivity index (χ0) is 21.1. The molecular formula is C23H28F3NO2. The number of ether oxygens (including phenoxy) is 2. The summed E-state index contributed by atoms with van der Waals surface area (Å²) in [7, 11) is 1.62. The van der Waals surface area contributed by atoms with Crippen molar-refractivity contribution in [3.05, 3.63) is 59.7 Å². The lowest BCUT2D eigenvalue weighted by molar-refractivity contribution is -0.137. The Labute approximate surface area is 170 Å². The van der Waals surface area contributed by atoms with Gasteiger partial charge in [-0.25, -0.2) is 0 Å². The van der Waals surface area contributed by atoms with E-state index in [0.717, 1.165) is 23.1 Å². The maximum absolute atomic E-state index is 13.3. The molecule has 1 saturated heterocycles. The molecule has 3 nitrogen and oxygen atoms in total. The van der Waals surface area contributed by atoms with Crippen LogP contribution in [0.15, 0.2) is 48.5 Å². The highest BCUT2D eigenvalue weighted by molar-refractivity contribution is 5.46. The minimum atomic E-state index is -4.35. The molecular weight excluding hydrogens is 379 g/mol. The van der Waals surface area contributed by atoms with Gasteiger partial charge in [0.2, 0.25) is 0 Å². The summed E-state index contributed by atoms with van der Waals surface area (Å²) in [6.07, 6.45) is -2.26. The molecule has 0 radical (unpaired) electrons. The van der Waals surface area contributed by atoms with Crippen molar-refractivity contribution >= 4 is 5.69 Å². The van der Waals surface area contributed by atoms with Crippen LogP contribution in [0, 0.1) is 0 Å². The second-order valence-corrected chi connectivity index (χ2v) is 8.30. The molecule has 3 rings (SSSR count). The van der Waals surface area contributed by atoms with E-state index in [1.54, 1.807) is 7.11 Å². The van der Waals surface area contributed by atoms with Gasteiger partial charge < -0.3 is 14.8 Å². The third-order valence-corrected chi connectivity index (χ3v) is 5.66. The molecule has 0 spiro atoms. The quantitative estimate of drug-likeness (QED) is 0.633. The van der Waals surface area contributed by atoms with E-state index in [1.165, 1.54) is 12.1 Å². The summed E-state index contributed by atoms with van der Waals surface area (Å²) < 4.78 is 50.9. The first-order valence-electron chi connectivity index (χ1n) is 9.83. The van der Waals surface area contributed by atoms with Crippen molar-refractivity contribution < 1.29 is 22.6 Å². The number of anilines is 1. The molecule has 1 heterocycles. The summed E-state index contributed by atoms with van der Waals surface area (Å²) in [6.45, 7) is 5.20. The molecule has 1 atom stereocenters. The van der Waals surface area contributed by atoms with Gasteiger partial charge in [0.15, 0.2) is 0 Å². The van der Waals surface area contributed by atoms with Crippen LogP contribution in [-0.2, 0) is 16.3 Å². The Morgan fingerprint density at radius 1 is 1.10 bits per heavy atom. The molecule has 0 unspecified atom stereocenters. The van der Waals surface area contributed by atoms with Crippen molar-refractivity contribution in [3.8, 4) is 5.75 Å². The summed E-state index contributed by atoms with van der Waals surface area (Å²) in [6, 6.07) is 13.4. The van der Waals surface area contributed by atoms with Crippen LogP contribution in [-0.4, -0.2) is 25.9 Å². The highest BCUT2D eigenvalue weighted by Gasteiger charge is 2.42. The van der Waals surface area contributed by atoms with E-state index in [4.69, 9.17) is 9.47 Å². The Morgan fingerprint density at radius 3 is 2.45 bits per heavy atom. The molecule has 0 amide bonds. The van der Waals surface area contributed by atoms with E-state index < -0.39 is 11.7 Å². The van der Waals surface area contributed by atoms with Crippen LogP contribution in [0.2, 0.25) is 0 Å². The van der Waals surface area contributed by atoms with Gasteiger partial charge >= 0.3 is 6.18 Å². The van der Waals surface area contributed by atoms with Crippen molar-refractivity contribution in [2.24, 2.45) is 0 Å². The van der Waals surface area contributed by atoms with Gasteiger partial charge in [-0.15, -0.1) is 0 Å². The summed E-state index contributed by atoms with van der Waals surface area (Å²) in [5.74, 6) is 0.780. The number of halogens is 3. The van der Waals surface area contributed by atoms with Gasteiger partial charge in [0.05, 0.1) is 18.3 Å². The molecule has 0 saturated carbocycles. The first kappa shape index (κ1) is 21.5. The number of benzene rings is 2. The SMILES string of the molecule is COc1ccc(NCC[C@@]2(c3cccc(C(F)(F)F)c3)CCOC(C)(C)C2)cc1. The first-order valence-corrected chi connectivity index (χ1v) is 9.83. The van der Waals surface area contributed by atoms with Crippen LogP contribution in [0.4, 0.5) is 18.9 Å². The molecule has 0 bridgehead atoms. The molecule has 158 valence electrons. The monoisotopic (exact) mass is 407 g/mol. The standard InChI is InChI=1S/C23H28F3NO2/c1-21(2)16-22(12-14-29-21,17-5-4-6-18(15-17)23(24,25)26)11-13-27-19-7-9-20(28-3)10-8-19/h4-10,15,27H,11-14,16H2,1-3H3/t22-/m1/s1.